The van der Waals surface area contributed by atoms with Gasteiger partial charge in [-0.1, -0.05) is 31.0 Å². The summed E-state index contributed by atoms with van der Waals surface area (Å²) in [5.74, 6) is 0.989. The first-order valence-electron chi connectivity index (χ1n) is 7.33. The molecule has 2 rings (SSSR count). The minimum Gasteiger partial charge on any atom is -0.496 e. The predicted octanol–water partition coefficient (Wildman–Crippen LogP) is 2.66. The molecule has 1 aromatic carbocycles. The van der Waals surface area contributed by atoms with Gasteiger partial charge in [0, 0.05) is 24.7 Å². The molecule has 0 radical (unpaired) electrons. The third-order valence-corrected chi connectivity index (χ3v) is 3.83. The molecule has 1 atom stereocenters. The van der Waals surface area contributed by atoms with E-state index in [0.717, 1.165) is 18.8 Å². The predicted molar refractivity (Wildman–Crippen MR) is 79.6 cm³/mol. The number of hydrogen-bond donors (Lipinski definition) is 1. The number of ether oxygens (including phenoxy) is 1. The van der Waals surface area contributed by atoms with Gasteiger partial charge in [0.25, 0.3) is 0 Å². The number of nitrogens with one attached hydrogen (secondary N) is 1. The van der Waals surface area contributed by atoms with Crippen molar-refractivity contribution in [2.75, 3.05) is 27.2 Å². The second-order valence-electron chi connectivity index (χ2n) is 5.51. The summed E-state index contributed by atoms with van der Waals surface area (Å²) in [4.78, 5) is 2.39. The zero-order chi connectivity index (χ0) is 13.5. The summed E-state index contributed by atoms with van der Waals surface area (Å²) < 4.78 is 5.41. The van der Waals surface area contributed by atoms with Gasteiger partial charge in [0.2, 0.25) is 0 Å². The molecule has 3 heteroatoms. The smallest absolute Gasteiger partial charge is 0.123 e. The van der Waals surface area contributed by atoms with Gasteiger partial charge in [0.15, 0.2) is 0 Å². The van der Waals surface area contributed by atoms with E-state index < -0.39 is 0 Å². The fourth-order valence-corrected chi connectivity index (χ4v) is 2.82. The quantitative estimate of drug-likeness (QED) is 0.883. The van der Waals surface area contributed by atoms with Crippen LogP contribution in [0.25, 0.3) is 0 Å². The third-order valence-electron chi connectivity index (χ3n) is 3.83. The number of methoxy groups -OCH3 is 1. The Balaban J connectivity index is 1.87. The number of benzene rings is 1. The monoisotopic (exact) mass is 262 g/mol. The molecule has 0 bridgehead atoms. The second kappa shape index (κ2) is 7.51. The molecule has 1 aliphatic rings. The van der Waals surface area contributed by atoms with Crippen LogP contribution in [0.4, 0.5) is 0 Å². The van der Waals surface area contributed by atoms with Crippen molar-refractivity contribution in [2.24, 2.45) is 0 Å². The maximum absolute atomic E-state index is 5.41. The summed E-state index contributed by atoms with van der Waals surface area (Å²) in [6.45, 7) is 3.23. The average molecular weight is 262 g/mol. The number of rotatable bonds is 5. The van der Waals surface area contributed by atoms with Crippen LogP contribution in [0, 0.1) is 0 Å². The van der Waals surface area contributed by atoms with E-state index >= 15 is 0 Å². The molecule has 1 N–H and O–H groups in total. The average Bonchev–Trinajstić information content (AvgIpc) is 2.68. The summed E-state index contributed by atoms with van der Waals surface area (Å²) in [7, 11) is 3.94. The molecule has 0 amide bonds. The van der Waals surface area contributed by atoms with Gasteiger partial charge in [0.05, 0.1) is 7.11 Å². The van der Waals surface area contributed by atoms with Crippen molar-refractivity contribution in [1.29, 1.82) is 0 Å². The summed E-state index contributed by atoms with van der Waals surface area (Å²) in [6.07, 6.45) is 5.36. The SMILES string of the molecule is COc1ccccc1CN(C)CC1CCCCCN1. The van der Waals surface area contributed by atoms with Gasteiger partial charge in [-0.3, -0.25) is 0 Å². The molecular formula is C16H26N2O. The maximum Gasteiger partial charge on any atom is 0.123 e. The van der Waals surface area contributed by atoms with Crippen molar-refractivity contribution in [1.82, 2.24) is 10.2 Å². The number of nitrogens with zero attached hydrogens (tertiary/aromatic N) is 1. The Kier molecular flexibility index (Phi) is 5.67. The lowest BCUT2D eigenvalue weighted by Gasteiger charge is -2.24. The molecule has 1 saturated heterocycles. The van der Waals surface area contributed by atoms with Crippen LogP contribution in [-0.4, -0.2) is 38.2 Å². The fourth-order valence-electron chi connectivity index (χ4n) is 2.82. The zero-order valence-corrected chi connectivity index (χ0v) is 12.2. The summed E-state index contributed by atoms with van der Waals surface area (Å²) in [5.41, 5.74) is 1.26. The van der Waals surface area contributed by atoms with Crippen LogP contribution in [-0.2, 0) is 6.54 Å². The Morgan fingerprint density at radius 3 is 2.95 bits per heavy atom. The van der Waals surface area contributed by atoms with E-state index in [0.29, 0.717) is 6.04 Å². The van der Waals surface area contributed by atoms with E-state index in [1.54, 1.807) is 7.11 Å². The van der Waals surface area contributed by atoms with Crippen LogP contribution in [0.5, 0.6) is 5.75 Å². The first kappa shape index (κ1) is 14.4. The van der Waals surface area contributed by atoms with Crippen molar-refractivity contribution in [3.8, 4) is 5.75 Å². The Morgan fingerprint density at radius 1 is 1.26 bits per heavy atom. The minimum atomic E-state index is 0.641. The number of hydrogen-bond acceptors (Lipinski definition) is 3. The molecule has 19 heavy (non-hydrogen) atoms. The van der Waals surface area contributed by atoms with E-state index in [9.17, 15) is 0 Å². The standard InChI is InChI=1S/C16H26N2O/c1-18(13-15-9-4-3-7-11-17-15)12-14-8-5-6-10-16(14)19-2/h5-6,8,10,15,17H,3-4,7,9,11-13H2,1-2H3. The van der Waals surface area contributed by atoms with Gasteiger partial charge < -0.3 is 15.0 Å². The van der Waals surface area contributed by atoms with Crippen LogP contribution in [0.3, 0.4) is 0 Å². The van der Waals surface area contributed by atoms with Gasteiger partial charge in [0.1, 0.15) is 5.75 Å². The Morgan fingerprint density at radius 2 is 2.11 bits per heavy atom. The van der Waals surface area contributed by atoms with Gasteiger partial charge in [-0.05, 0) is 32.5 Å². The highest BCUT2D eigenvalue weighted by Crippen LogP contribution is 2.19. The molecule has 3 nitrogen and oxygen atoms in total. The van der Waals surface area contributed by atoms with Crippen LogP contribution >= 0.6 is 0 Å². The van der Waals surface area contributed by atoms with Crippen LogP contribution < -0.4 is 10.1 Å². The van der Waals surface area contributed by atoms with Gasteiger partial charge >= 0.3 is 0 Å². The van der Waals surface area contributed by atoms with Crippen molar-refractivity contribution in [2.45, 2.75) is 38.3 Å². The molecule has 1 fully saturated rings. The highest BCUT2D eigenvalue weighted by Gasteiger charge is 2.14. The Hall–Kier alpha value is -1.06. The van der Waals surface area contributed by atoms with Crippen molar-refractivity contribution < 1.29 is 4.74 Å². The summed E-state index contributed by atoms with van der Waals surface area (Å²) >= 11 is 0. The lowest BCUT2D eigenvalue weighted by molar-refractivity contribution is 0.274. The van der Waals surface area contributed by atoms with Gasteiger partial charge in [-0.15, -0.1) is 0 Å². The van der Waals surface area contributed by atoms with E-state index in [2.05, 4.69) is 29.4 Å². The fraction of sp³-hybridized carbons (Fsp3) is 0.625. The van der Waals surface area contributed by atoms with Crippen LogP contribution in [0.2, 0.25) is 0 Å². The van der Waals surface area contributed by atoms with Crippen molar-refractivity contribution in [3.05, 3.63) is 29.8 Å². The summed E-state index contributed by atoms with van der Waals surface area (Å²) in [5, 5.41) is 3.65. The number of likely N-dealkylation sites (N-methyl/N-ethyl adjacent to an activating group) is 1. The van der Waals surface area contributed by atoms with Crippen LogP contribution in [0.1, 0.15) is 31.2 Å². The molecule has 1 aliphatic heterocycles. The van der Waals surface area contributed by atoms with Gasteiger partial charge in [-0.25, -0.2) is 0 Å². The third kappa shape index (κ3) is 4.51. The molecule has 0 aliphatic carbocycles. The highest BCUT2D eigenvalue weighted by atomic mass is 16.5. The lowest BCUT2D eigenvalue weighted by Crippen LogP contribution is -2.38. The molecule has 1 unspecified atom stereocenters. The molecule has 1 aromatic rings. The highest BCUT2D eigenvalue weighted by molar-refractivity contribution is 5.33. The molecular weight excluding hydrogens is 236 g/mol. The first-order chi connectivity index (χ1) is 9.29. The van der Waals surface area contributed by atoms with E-state index in [1.165, 1.54) is 37.8 Å². The molecule has 106 valence electrons. The largest absolute Gasteiger partial charge is 0.496 e. The Labute approximate surface area is 116 Å². The van der Waals surface area contributed by atoms with Gasteiger partial charge in [-0.2, -0.15) is 0 Å². The van der Waals surface area contributed by atoms with Crippen LogP contribution in [0.15, 0.2) is 24.3 Å². The second-order valence-corrected chi connectivity index (χ2v) is 5.51. The van der Waals surface area contributed by atoms with Crippen molar-refractivity contribution in [3.63, 3.8) is 0 Å². The summed E-state index contributed by atoms with van der Waals surface area (Å²) in [6, 6.07) is 8.93. The maximum atomic E-state index is 5.41. The first-order valence-corrected chi connectivity index (χ1v) is 7.33. The molecule has 0 aromatic heterocycles. The van der Waals surface area contributed by atoms with E-state index in [1.807, 2.05) is 12.1 Å². The Bertz CT molecular complexity index is 373. The minimum absolute atomic E-state index is 0.641. The molecule has 0 spiro atoms. The van der Waals surface area contributed by atoms with Crippen molar-refractivity contribution >= 4 is 0 Å². The topological polar surface area (TPSA) is 24.5 Å². The molecule has 1 heterocycles. The van der Waals surface area contributed by atoms with E-state index in [4.69, 9.17) is 4.74 Å². The van der Waals surface area contributed by atoms with E-state index in [-0.39, 0.29) is 0 Å². The number of para-hydroxylation sites is 1. The zero-order valence-electron chi connectivity index (χ0n) is 12.2. The molecule has 0 saturated carbocycles. The lowest BCUT2D eigenvalue weighted by atomic mass is 10.1. The normalized spacial score (nSPS) is 20.3.